The predicted octanol–water partition coefficient (Wildman–Crippen LogP) is 1.26. The third kappa shape index (κ3) is 3.29. The van der Waals surface area contributed by atoms with Crippen LogP contribution in [0.4, 0.5) is 0 Å². The van der Waals surface area contributed by atoms with Crippen molar-refractivity contribution in [1.82, 2.24) is 15.5 Å². The van der Waals surface area contributed by atoms with Gasteiger partial charge in [-0.1, -0.05) is 5.16 Å². The molecule has 8 heteroatoms. The van der Waals surface area contributed by atoms with Gasteiger partial charge in [-0.2, -0.15) is 0 Å². The molecule has 0 radical (unpaired) electrons. The number of nitrogens with one attached hydrogen (secondary N) is 1. The highest BCUT2D eigenvalue weighted by Gasteiger charge is 2.27. The molecule has 0 aromatic carbocycles. The maximum atomic E-state index is 11.5. The van der Waals surface area contributed by atoms with Crippen LogP contribution in [0.25, 0.3) is 11.3 Å². The number of nitrogens with zero attached hydrogens (tertiary/aromatic N) is 2. The summed E-state index contributed by atoms with van der Waals surface area (Å²) in [7, 11) is 1.39. The summed E-state index contributed by atoms with van der Waals surface area (Å²) in [5.41, 5.74) is 0.590. The van der Waals surface area contributed by atoms with Gasteiger partial charge < -0.3 is 19.7 Å². The number of hydrogen-bond acceptors (Lipinski definition) is 6. The number of hydrogen-bond donors (Lipinski definition) is 2. The molecule has 0 unspecified atom stereocenters. The molecule has 2 aromatic heterocycles. The zero-order valence-corrected chi connectivity index (χ0v) is 12.1. The second-order valence-electron chi connectivity index (χ2n) is 4.54. The van der Waals surface area contributed by atoms with Gasteiger partial charge in [0, 0.05) is 25.1 Å². The lowest BCUT2D eigenvalue weighted by atomic mass is 10.0. The van der Waals surface area contributed by atoms with E-state index in [0.717, 1.165) is 0 Å². The van der Waals surface area contributed by atoms with Gasteiger partial charge in [0.25, 0.3) is 0 Å². The average molecular weight is 305 g/mol. The molecule has 1 amide bonds. The van der Waals surface area contributed by atoms with Gasteiger partial charge in [-0.3, -0.25) is 9.78 Å². The fourth-order valence-electron chi connectivity index (χ4n) is 1.98. The summed E-state index contributed by atoms with van der Waals surface area (Å²) in [6.45, 7) is 1.48. The minimum Gasteiger partial charge on any atom is -0.477 e. The number of aromatic carboxylic acids is 1. The maximum absolute atomic E-state index is 11.5. The second kappa shape index (κ2) is 6.81. The molecule has 22 heavy (non-hydrogen) atoms. The quantitative estimate of drug-likeness (QED) is 0.825. The van der Waals surface area contributed by atoms with Crippen molar-refractivity contribution in [3.8, 4) is 11.3 Å². The number of amides is 1. The number of carboxylic acid groups (broad SMARTS) is 1. The largest absolute Gasteiger partial charge is 0.477 e. The second-order valence-corrected chi connectivity index (χ2v) is 4.54. The number of ether oxygens (including phenoxy) is 1. The van der Waals surface area contributed by atoms with Gasteiger partial charge in [0.1, 0.15) is 17.9 Å². The molecule has 2 heterocycles. The Hall–Kier alpha value is -2.74. The smallest absolute Gasteiger partial charge is 0.341 e. The first-order valence-electron chi connectivity index (χ1n) is 6.46. The molecular formula is C14H15N3O5. The normalized spacial score (nSPS) is 11.9. The Labute approximate surface area is 126 Å². The lowest BCUT2D eigenvalue weighted by Gasteiger charge is -2.11. The highest BCUT2D eigenvalue weighted by atomic mass is 16.5. The van der Waals surface area contributed by atoms with Crippen molar-refractivity contribution in [2.24, 2.45) is 0 Å². The van der Waals surface area contributed by atoms with Crippen LogP contribution in [0.2, 0.25) is 0 Å². The Morgan fingerprint density at radius 3 is 2.86 bits per heavy atom. The van der Waals surface area contributed by atoms with E-state index in [9.17, 15) is 14.7 Å². The molecular weight excluding hydrogens is 290 g/mol. The zero-order chi connectivity index (χ0) is 16.1. The summed E-state index contributed by atoms with van der Waals surface area (Å²) in [4.78, 5) is 27.0. The monoisotopic (exact) mass is 305 g/mol. The summed E-state index contributed by atoms with van der Waals surface area (Å²) >= 11 is 0. The molecule has 0 aliphatic carbocycles. The topological polar surface area (TPSA) is 115 Å². The van der Waals surface area contributed by atoms with E-state index in [-0.39, 0.29) is 29.5 Å². The highest BCUT2D eigenvalue weighted by Crippen LogP contribution is 2.28. The summed E-state index contributed by atoms with van der Waals surface area (Å²) in [6.07, 6.45) is 3.06. The van der Waals surface area contributed by atoms with Gasteiger partial charge in [-0.25, -0.2) is 4.79 Å². The van der Waals surface area contributed by atoms with E-state index in [1.807, 2.05) is 0 Å². The number of methoxy groups -OCH3 is 1. The molecule has 1 atom stereocenters. The van der Waals surface area contributed by atoms with E-state index in [1.165, 1.54) is 13.3 Å². The molecule has 2 aromatic rings. The van der Waals surface area contributed by atoms with Gasteiger partial charge >= 0.3 is 5.97 Å². The van der Waals surface area contributed by atoms with Crippen LogP contribution in [0.3, 0.4) is 0 Å². The van der Waals surface area contributed by atoms with Crippen LogP contribution in [0.15, 0.2) is 29.0 Å². The van der Waals surface area contributed by atoms with Crippen LogP contribution in [0.1, 0.15) is 29.1 Å². The number of carbonyl (C=O) groups excluding carboxylic acids is 1. The molecule has 0 saturated heterocycles. The minimum atomic E-state index is -1.19. The van der Waals surface area contributed by atoms with Crippen molar-refractivity contribution in [2.75, 3.05) is 13.7 Å². The van der Waals surface area contributed by atoms with Crippen molar-refractivity contribution in [3.05, 3.63) is 35.9 Å². The van der Waals surface area contributed by atoms with Gasteiger partial charge in [0.2, 0.25) is 5.91 Å². The van der Waals surface area contributed by atoms with Crippen LogP contribution in [0, 0.1) is 0 Å². The first-order chi connectivity index (χ1) is 10.5. The first kappa shape index (κ1) is 15.6. The van der Waals surface area contributed by atoms with Crippen LogP contribution in [-0.2, 0) is 9.53 Å². The average Bonchev–Trinajstić information content (AvgIpc) is 2.93. The van der Waals surface area contributed by atoms with Crippen molar-refractivity contribution >= 4 is 11.9 Å². The van der Waals surface area contributed by atoms with Crippen LogP contribution >= 0.6 is 0 Å². The number of pyridine rings is 1. The number of carboxylic acids is 1. The predicted molar refractivity (Wildman–Crippen MR) is 75.1 cm³/mol. The van der Waals surface area contributed by atoms with Gasteiger partial charge in [0.05, 0.1) is 6.04 Å². The number of carbonyl (C=O) groups is 2. The molecule has 8 nitrogen and oxygen atoms in total. The lowest BCUT2D eigenvalue weighted by Crippen LogP contribution is -2.30. The Bertz CT molecular complexity index is 668. The van der Waals surface area contributed by atoms with E-state index < -0.39 is 12.0 Å². The Kier molecular flexibility index (Phi) is 4.84. The molecule has 2 N–H and O–H groups in total. The zero-order valence-electron chi connectivity index (χ0n) is 12.1. The summed E-state index contributed by atoms with van der Waals surface area (Å²) in [5, 5.41) is 15.8. The Morgan fingerprint density at radius 1 is 1.50 bits per heavy atom. The van der Waals surface area contributed by atoms with Crippen molar-refractivity contribution in [1.29, 1.82) is 0 Å². The standard InChI is InChI=1S/C14H15N3O5/c1-8(16-10(18)7-21-2)13-11(14(19)20)12(17-22-13)9-4-3-5-15-6-9/h3-6,8H,7H2,1-2H3,(H,16,18)(H,19,20)/t8-/m1/s1. The van der Waals surface area contributed by atoms with Crippen molar-refractivity contribution < 1.29 is 24.0 Å². The van der Waals surface area contributed by atoms with Gasteiger partial charge in [-0.15, -0.1) is 0 Å². The Morgan fingerprint density at radius 2 is 2.27 bits per heavy atom. The van der Waals surface area contributed by atoms with E-state index in [1.54, 1.807) is 25.3 Å². The SMILES string of the molecule is COCC(=O)N[C@H](C)c1onc(-c2cccnc2)c1C(=O)O. The van der Waals surface area contributed by atoms with E-state index in [2.05, 4.69) is 15.5 Å². The van der Waals surface area contributed by atoms with Gasteiger partial charge in [-0.05, 0) is 19.1 Å². The number of rotatable bonds is 6. The molecule has 0 saturated carbocycles. The van der Waals surface area contributed by atoms with Crippen LogP contribution in [0.5, 0.6) is 0 Å². The van der Waals surface area contributed by atoms with Crippen molar-refractivity contribution in [3.63, 3.8) is 0 Å². The first-order valence-corrected chi connectivity index (χ1v) is 6.46. The molecule has 0 aliphatic heterocycles. The number of aromatic nitrogens is 2. The molecule has 116 valence electrons. The van der Waals surface area contributed by atoms with E-state index in [0.29, 0.717) is 5.56 Å². The molecule has 0 bridgehead atoms. The van der Waals surface area contributed by atoms with E-state index in [4.69, 9.17) is 9.26 Å². The summed E-state index contributed by atoms with van der Waals surface area (Å²) < 4.78 is 9.85. The van der Waals surface area contributed by atoms with Crippen molar-refractivity contribution in [2.45, 2.75) is 13.0 Å². The summed E-state index contributed by atoms with van der Waals surface area (Å²) in [6, 6.07) is 2.68. The molecule has 0 spiro atoms. The third-order valence-corrected chi connectivity index (χ3v) is 2.91. The molecule has 0 fully saturated rings. The third-order valence-electron chi connectivity index (χ3n) is 2.91. The molecule has 2 rings (SSSR count). The van der Waals surface area contributed by atoms with Crippen LogP contribution in [-0.4, -0.2) is 40.8 Å². The summed E-state index contributed by atoms with van der Waals surface area (Å²) in [5.74, 6) is -1.51. The minimum absolute atomic E-state index is 0.0656. The highest BCUT2D eigenvalue weighted by molar-refractivity contribution is 5.96. The Balaban J connectivity index is 2.35. The van der Waals surface area contributed by atoms with Crippen LogP contribution < -0.4 is 5.32 Å². The van der Waals surface area contributed by atoms with E-state index >= 15 is 0 Å². The lowest BCUT2D eigenvalue weighted by molar-refractivity contribution is -0.125. The van der Waals surface area contributed by atoms with Gasteiger partial charge in [0.15, 0.2) is 5.76 Å². The fourth-order valence-corrected chi connectivity index (χ4v) is 1.98. The molecule has 0 aliphatic rings. The maximum Gasteiger partial charge on any atom is 0.341 e. The fraction of sp³-hybridized carbons (Fsp3) is 0.286.